The van der Waals surface area contributed by atoms with E-state index in [0.29, 0.717) is 0 Å². The number of benzene rings is 2. The van der Waals surface area contributed by atoms with Crippen molar-refractivity contribution in [3.63, 3.8) is 0 Å². The summed E-state index contributed by atoms with van der Waals surface area (Å²) >= 11 is 0.938. The lowest BCUT2D eigenvalue weighted by Crippen LogP contribution is -2.39. The number of aliphatic carboxylic acids is 1. The number of nitrogens with zero attached hydrogens (tertiary/aromatic N) is 5. The third kappa shape index (κ3) is 5.09. The van der Waals surface area contributed by atoms with Gasteiger partial charge in [-0.15, -0.1) is 0 Å². The molecule has 1 heterocycles. The molecule has 0 saturated heterocycles. The first-order chi connectivity index (χ1) is 16.6. The van der Waals surface area contributed by atoms with Crippen molar-refractivity contribution in [1.29, 1.82) is 5.26 Å². The molecule has 0 bridgehead atoms. The fourth-order valence-corrected chi connectivity index (χ4v) is 3.23. The molecule has 178 valence electrons. The second-order valence-corrected chi connectivity index (χ2v) is 7.66. The van der Waals surface area contributed by atoms with E-state index in [1.807, 2.05) is 0 Å². The van der Waals surface area contributed by atoms with E-state index in [4.69, 9.17) is 14.7 Å². The van der Waals surface area contributed by atoms with Gasteiger partial charge in [0.05, 0.1) is 21.5 Å². The summed E-state index contributed by atoms with van der Waals surface area (Å²) in [6, 6.07) is 12.7. The van der Waals surface area contributed by atoms with E-state index in [1.54, 1.807) is 30.5 Å². The zero-order valence-electron chi connectivity index (χ0n) is 18.1. The predicted octanol–water partition coefficient (Wildman–Crippen LogP) is 4.06. The van der Waals surface area contributed by atoms with E-state index in [1.165, 1.54) is 25.1 Å². The first-order valence-electron chi connectivity index (χ1n) is 9.55. The quantitative estimate of drug-likeness (QED) is 0.193. The van der Waals surface area contributed by atoms with Gasteiger partial charge in [0.2, 0.25) is 11.4 Å². The lowest BCUT2D eigenvalue weighted by atomic mass is 9.96. The van der Waals surface area contributed by atoms with Crippen LogP contribution in [0.3, 0.4) is 0 Å². The number of aromatic nitrogens is 2. The number of ether oxygens (including phenoxy) is 2. The molecule has 35 heavy (non-hydrogen) atoms. The molecule has 1 atom stereocenters. The van der Waals surface area contributed by atoms with Crippen LogP contribution in [-0.2, 0) is 10.4 Å². The number of thioether (sulfide) groups is 1. The summed E-state index contributed by atoms with van der Waals surface area (Å²) < 4.78 is 11.1. The normalized spacial score (nSPS) is 12.1. The molecule has 0 aliphatic carbocycles. The van der Waals surface area contributed by atoms with Gasteiger partial charge < -0.3 is 14.6 Å². The largest absolute Gasteiger partial charge is 0.478 e. The maximum absolute atomic E-state index is 12.1. The summed E-state index contributed by atoms with van der Waals surface area (Å²) in [5.74, 6) is -3.40. The van der Waals surface area contributed by atoms with Crippen LogP contribution < -0.4 is 9.47 Å². The van der Waals surface area contributed by atoms with Gasteiger partial charge in [-0.25, -0.2) is 4.79 Å². The van der Waals surface area contributed by atoms with Crippen molar-refractivity contribution in [3.8, 4) is 23.6 Å². The Morgan fingerprint density at radius 3 is 2.31 bits per heavy atom. The van der Waals surface area contributed by atoms with Crippen LogP contribution in [0.4, 0.5) is 11.4 Å². The fraction of sp³-hybridized carbons (Fsp3) is 0.143. The van der Waals surface area contributed by atoms with Gasteiger partial charge in [-0.2, -0.15) is 15.2 Å². The molecule has 0 spiro atoms. The Balaban J connectivity index is 2.21. The van der Waals surface area contributed by atoms with E-state index in [0.717, 1.165) is 23.9 Å². The second kappa shape index (κ2) is 10.0. The van der Waals surface area contributed by atoms with Gasteiger partial charge in [0.15, 0.2) is 5.16 Å². The standard InChI is InChI=1S/C21H15N5O8S/c1-21(19(27)28,13-6-4-3-5-7-13)34-18-16(26(31)32)17(23-20(24-18)35-2)33-15-10-12(11-22)8-9-14(15)25(29)30/h3-10H,1-2H3,(H,27,28). The lowest BCUT2D eigenvalue weighted by Gasteiger charge is -2.26. The first-order valence-corrected chi connectivity index (χ1v) is 10.8. The Hall–Kier alpha value is -4.77. The third-order valence-corrected chi connectivity index (χ3v) is 5.24. The van der Waals surface area contributed by atoms with E-state index in [-0.39, 0.29) is 16.3 Å². The van der Waals surface area contributed by atoms with Crippen LogP contribution in [0.1, 0.15) is 18.1 Å². The number of carbonyl (C=O) groups is 1. The zero-order chi connectivity index (χ0) is 25.8. The van der Waals surface area contributed by atoms with E-state index in [2.05, 4.69) is 9.97 Å². The molecular formula is C21H15N5O8S. The van der Waals surface area contributed by atoms with Gasteiger partial charge in [0, 0.05) is 17.7 Å². The molecule has 0 aliphatic rings. The maximum Gasteiger partial charge on any atom is 0.392 e. The molecule has 13 nitrogen and oxygen atoms in total. The number of nitro groups is 2. The van der Waals surface area contributed by atoms with Crippen molar-refractivity contribution < 1.29 is 29.2 Å². The van der Waals surface area contributed by atoms with Crippen molar-refractivity contribution >= 4 is 29.1 Å². The average Bonchev–Trinajstić information content (AvgIpc) is 2.83. The van der Waals surface area contributed by atoms with Crippen LogP contribution in [0.25, 0.3) is 0 Å². The number of hydrogen-bond acceptors (Lipinski definition) is 11. The SMILES string of the molecule is CSc1nc(Oc2cc(C#N)ccc2[N+](=O)[O-])c([N+](=O)[O-])c(OC(C)(C(=O)O)c2ccccc2)n1. The van der Waals surface area contributed by atoms with Crippen LogP contribution in [0.5, 0.6) is 17.5 Å². The first kappa shape index (κ1) is 24.9. The number of carboxylic acid groups (broad SMARTS) is 1. The molecule has 0 aliphatic heterocycles. The van der Waals surface area contributed by atoms with Gasteiger partial charge in [-0.1, -0.05) is 42.1 Å². The molecule has 1 unspecified atom stereocenters. The van der Waals surface area contributed by atoms with Gasteiger partial charge >= 0.3 is 29.1 Å². The van der Waals surface area contributed by atoms with E-state index >= 15 is 0 Å². The third-order valence-electron chi connectivity index (χ3n) is 4.69. The summed E-state index contributed by atoms with van der Waals surface area (Å²) in [7, 11) is 0. The number of hydrogen-bond donors (Lipinski definition) is 1. The van der Waals surface area contributed by atoms with Crippen LogP contribution in [0, 0.1) is 31.6 Å². The van der Waals surface area contributed by atoms with Gasteiger partial charge in [0.1, 0.15) is 0 Å². The van der Waals surface area contributed by atoms with Crippen LogP contribution in [-0.4, -0.2) is 37.1 Å². The second-order valence-electron chi connectivity index (χ2n) is 6.89. The molecule has 1 aromatic heterocycles. The van der Waals surface area contributed by atoms with Crippen LogP contribution in [0.2, 0.25) is 0 Å². The lowest BCUT2D eigenvalue weighted by molar-refractivity contribution is -0.389. The van der Waals surface area contributed by atoms with Crippen molar-refractivity contribution in [1.82, 2.24) is 9.97 Å². The Labute approximate surface area is 201 Å². The minimum atomic E-state index is -2.10. The molecule has 0 saturated carbocycles. The zero-order valence-corrected chi connectivity index (χ0v) is 18.9. The van der Waals surface area contributed by atoms with Crippen molar-refractivity contribution in [2.24, 2.45) is 0 Å². The highest BCUT2D eigenvalue weighted by Gasteiger charge is 2.42. The molecular weight excluding hydrogens is 482 g/mol. The predicted molar refractivity (Wildman–Crippen MR) is 120 cm³/mol. The minimum absolute atomic E-state index is 0.00796. The Kier molecular flexibility index (Phi) is 7.11. The summed E-state index contributed by atoms with van der Waals surface area (Å²) in [5, 5.41) is 42.3. The highest BCUT2D eigenvalue weighted by atomic mass is 32.2. The number of carboxylic acids is 1. The van der Waals surface area contributed by atoms with Crippen LogP contribution in [0.15, 0.2) is 53.7 Å². The Morgan fingerprint density at radius 1 is 1.11 bits per heavy atom. The van der Waals surface area contributed by atoms with Gasteiger partial charge in [-0.3, -0.25) is 20.2 Å². The topological polar surface area (TPSA) is 192 Å². The van der Waals surface area contributed by atoms with Gasteiger partial charge in [0.25, 0.3) is 0 Å². The van der Waals surface area contributed by atoms with Crippen molar-refractivity contribution in [2.45, 2.75) is 17.7 Å². The molecule has 0 fully saturated rings. The minimum Gasteiger partial charge on any atom is -0.478 e. The molecule has 0 amide bonds. The van der Waals surface area contributed by atoms with Crippen LogP contribution >= 0.6 is 11.8 Å². The monoisotopic (exact) mass is 497 g/mol. The highest BCUT2D eigenvalue weighted by Crippen LogP contribution is 2.42. The van der Waals surface area contributed by atoms with E-state index < -0.39 is 50.3 Å². The smallest absolute Gasteiger partial charge is 0.392 e. The average molecular weight is 497 g/mol. The molecule has 2 aromatic carbocycles. The highest BCUT2D eigenvalue weighted by molar-refractivity contribution is 7.98. The van der Waals surface area contributed by atoms with Crippen molar-refractivity contribution in [3.05, 3.63) is 79.9 Å². The fourth-order valence-electron chi connectivity index (χ4n) is 2.88. The summed E-state index contributed by atoms with van der Waals surface area (Å²) in [5.41, 5.74) is -3.47. The maximum atomic E-state index is 12.1. The Morgan fingerprint density at radius 2 is 1.77 bits per heavy atom. The molecule has 0 radical (unpaired) electrons. The molecule has 3 aromatic rings. The number of nitriles is 1. The van der Waals surface area contributed by atoms with Crippen molar-refractivity contribution in [2.75, 3.05) is 6.26 Å². The van der Waals surface area contributed by atoms with Gasteiger partial charge in [-0.05, 0) is 19.2 Å². The molecule has 1 N–H and O–H groups in total. The molecule has 14 heteroatoms. The Bertz CT molecular complexity index is 1360. The summed E-state index contributed by atoms with van der Waals surface area (Å²) in [6.45, 7) is 1.19. The van der Waals surface area contributed by atoms with E-state index in [9.17, 15) is 30.1 Å². The summed E-state index contributed by atoms with van der Waals surface area (Å²) in [4.78, 5) is 41.7. The number of nitro benzene ring substituents is 1. The summed E-state index contributed by atoms with van der Waals surface area (Å²) in [6.07, 6.45) is 1.54. The molecule has 3 rings (SSSR count). The number of rotatable bonds is 9.